The normalized spacial score (nSPS) is 15.5. The van der Waals surface area contributed by atoms with E-state index in [1.807, 2.05) is 6.20 Å². The highest BCUT2D eigenvalue weighted by atomic mass is 16.3. The van der Waals surface area contributed by atoms with E-state index in [-0.39, 0.29) is 6.61 Å². The van der Waals surface area contributed by atoms with E-state index < -0.39 is 0 Å². The average molecular weight is 253 g/mol. The number of aromatic nitrogens is 3. The minimum atomic E-state index is 0.100. The zero-order valence-electron chi connectivity index (χ0n) is 11.0. The molecule has 1 aromatic heterocycles. The predicted octanol–water partition coefficient (Wildman–Crippen LogP) is -0.156. The molecular weight excluding hydrogens is 230 g/mol. The second-order valence-corrected chi connectivity index (χ2v) is 4.73. The first-order valence-corrected chi connectivity index (χ1v) is 6.78. The van der Waals surface area contributed by atoms with Gasteiger partial charge in [0.1, 0.15) is 0 Å². The van der Waals surface area contributed by atoms with Crippen molar-refractivity contribution in [2.45, 2.75) is 38.9 Å². The minimum Gasteiger partial charge on any atom is -0.394 e. The molecule has 0 spiro atoms. The van der Waals surface area contributed by atoms with Gasteiger partial charge in [0.25, 0.3) is 0 Å². The fourth-order valence-corrected chi connectivity index (χ4v) is 2.11. The number of rotatable bonds is 9. The largest absolute Gasteiger partial charge is 0.394 e. The van der Waals surface area contributed by atoms with E-state index in [2.05, 4.69) is 27.5 Å². The van der Waals surface area contributed by atoms with Gasteiger partial charge >= 0.3 is 0 Å². The van der Waals surface area contributed by atoms with Crippen molar-refractivity contribution in [2.75, 3.05) is 26.2 Å². The maximum absolute atomic E-state index is 8.78. The standard InChI is InChI=1S/C12H23N5O/c1-2-16(12-3-4-12)6-5-13-9-11-10-17(7-8-18)15-14-11/h10,12-13,18H,2-9H2,1H3. The molecule has 2 N–H and O–H groups in total. The fourth-order valence-electron chi connectivity index (χ4n) is 2.11. The first kappa shape index (κ1) is 13.5. The van der Waals surface area contributed by atoms with E-state index in [1.54, 1.807) is 4.68 Å². The number of nitrogens with one attached hydrogen (secondary N) is 1. The summed E-state index contributed by atoms with van der Waals surface area (Å²) in [6, 6.07) is 0.835. The molecule has 0 saturated heterocycles. The Labute approximate surface area is 108 Å². The van der Waals surface area contributed by atoms with Gasteiger partial charge in [-0.15, -0.1) is 5.10 Å². The summed E-state index contributed by atoms with van der Waals surface area (Å²) >= 11 is 0. The van der Waals surface area contributed by atoms with E-state index in [1.165, 1.54) is 12.8 Å². The third kappa shape index (κ3) is 4.04. The lowest BCUT2D eigenvalue weighted by Gasteiger charge is -2.19. The molecule has 1 aliphatic rings. The van der Waals surface area contributed by atoms with Gasteiger partial charge in [0.2, 0.25) is 0 Å². The highest BCUT2D eigenvalue weighted by molar-refractivity contribution is 4.91. The Morgan fingerprint density at radius 2 is 2.39 bits per heavy atom. The third-order valence-electron chi connectivity index (χ3n) is 3.27. The first-order valence-electron chi connectivity index (χ1n) is 6.78. The van der Waals surface area contributed by atoms with Crippen molar-refractivity contribution in [1.29, 1.82) is 0 Å². The average Bonchev–Trinajstić information content (AvgIpc) is 3.11. The maximum Gasteiger partial charge on any atom is 0.0964 e. The van der Waals surface area contributed by atoms with Gasteiger partial charge in [-0.25, -0.2) is 4.68 Å². The summed E-state index contributed by atoms with van der Waals surface area (Å²) in [5, 5.41) is 20.1. The summed E-state index contributed by atoms with van der Waals surface area (Å²) in [4.78, 5) is 2.52. The summed E-state index contributed by atoms with van der Waals surface area (Å²) in [6.07, 6.45) is 4.61. The van der Waals surface area contributed by atoms with Crippen molar-refractivity contribution < 1.29 is 5.11 Å². The van der Waals surface area contributed by atoms with Gasteiger partial charge in [-0.1, -0.05) is 12.1 Å². The van der Waals surface area contributed by atoms with E-state index in [9.17, 15) is 0 Å². The molecule has 0 unspecified atom stereocenters. The van der Waals surface area contributed by atoms with Crippen molar-refractivity contribution >= 4 is 0 Å². The molecule has 6 nitrogen and oxygen atoms in total. The summed E-state index contributed by atoms with van der Waals surface area (Å²) in [5.41, 5.74) is 0.929. The van der Waals surface area contributed by atoms with Gasteiger partial charge < -0.3 is 10.4 Å². The van der Waals surface area contributed by atoms with Gasteiger partial charge in [0.15, 0.2) is 0 Å². The van der Waals surface area contributed by atoms with Gasteiger partial charge in [-0.05, 0) is 19.4 Å². The molecule has 6 heteroatoms. The van der Waals surface area contributed by atoms with E-state index in [0.29, 0.717) is 6.54 Å². The molecule has 0 aliphatic heterocycles. The van der Waals surface area contributed by atoms with Crippen molar-refractivity contribution in [3.8, 4) is 0 Å². The van der Waals surface area contributed by atoms with Crippen LogP contribution in [-0.4, -0.2) is 57.3 Å². The van der Waals surface area contributed by atoms with Crippen LogP contribution in [0.25, 0.3) is 0 Å². The zero-order chi connectivity index (χ0) is 12.8. The van der Waals surface area contributed by atoms with E-state index in [0.717, 1.165) is 37.9 Å². The topological polar surface area (TPSA) is 66.2 Å². The molecule has 1 aromatic rings. The number of hydrogen-bond donors (Lipinski definition) is 2. The molecule has 0 aromatic carbocycles. The zero-order valence-corrected chi connectivity index (χ0v) is 11.0. The lowest BCUT2D eigenvalue weighted by Crippen LogP contribution is -2.33. The van der Waals surface area contributed by atoms with Crippen LogP contribution in [0.4, 0.5) is 0 Å². The quantitative estimate of drug-likeness (QED) is 0.599. The summed E-state index contributed by atoms with van der Waals surface area (Å²) in [6.45, 7) is 6.80. The molecule has 1 aliphatic carbocycles. The molecule has 0 radical (unpaired) electrons. The molecule has 0 amide bonds. The second kappa shape index (κ2) is 6.82. The van der Waals surface area contributed by atoms with Gasteiger partial charge in [-0.2, -0.15) is 0 Å². The van der Waals surface area contributed by atoms with Crippen LogP contribution in [0.5, 0.6) is 0 Å². The van der Waals surface area contributed by atoms with Gasteiger partial charge in [0, 0.05) is 31.9 Å². The Balaban J connectivity index is 1.61. The monoisotopic (exact) mass is 253 g/mol. The molecule has 2 rings (SSSR count). The lowest BCUT2D eigenvalue weighted by atomic mass is 10.4. The Kier molecular flexibility index (Phi) is 5.10. The smallest absolute Gasteiger partial charge is 0.0964 e. The number of aliphatic hydroxyl groups excluding tert-OH is 1. The molecule has 0 atom stereocenters. The fraction of sp³-hybridized carbons (Fsp3) is 0.833. The van der Waals surface area contributed by atoms with Crippen LogP contribution in [0.3, 0.4) is 0 Å². The van der Waals surface area contributed by atoms with E-state index >= 15 is 0 Å². The highest BCUT2D eigenvalue weighted by Gasteiger charge is 2.26. The SMILES string of the molecule is CCN(CCNCc1cn(CCO)nn1)C1CC1. The Morgan fingerprint density at radius 1 is 1.56 bits per heavy atom. The van der Waals surface area contributed by atoms with Crippen LogP contribution in [0.15, 0.2) is 6.20 Å². The molecule has 18 heavy (non-hydrogen) atoms. The van der Waals surface area contributed by atoms with Crippen LogP contribution >= 0.6 is 0 Å². The summed E-state index contributed by atoms with van der Waals surface area (Å²) < 4.78 is 1.67. The summed E-state index contributed by atoms with van der Waals surface area (Å²) in [7, 11) is 0. The van der Waals surface area contributed by atoms with Crippen LogP contribution in [-0.2, 0) is 13.1 Å². The Morgan fingerprint density at radius 3 is 3.06 bits per heavy atom. The number of nitrogens with zero attached hydrogens (tertiary/aromatic N) is 4. The van der Waals surface area contributed by atoms with Crippen LogP contribution in [0.2, 0.25) is 0 Å². The van der Waals surface area contributed by atoms with E-state index in [4.69, 9.17) is 5.11 Å². The first-order chi connectivity index (χ1) is 8.83. The molecule has 102 valence electrons. The van der Waals surface area contributed by atoms with Gasteiger partial charge in [0.05, 0.1) is 18.8 Å². The van der Waals surface area contributed by atoms with Crippen molar-refractivity contribution in [3.05, 3.63) is 11.9 Å². The van der Waals surface area contributed by atoms with Crippen LogP contribution in [0.1, 0.15) is 25.5 Å². The highest BCUT2D eigenvalue weighted by Crippen LogP contribution is 2.25. The molecule has 1 heterocycles. The Bertz CT molecular complexity index is 350. The number of likely N-dealkylation sites (N-methyl/N-ethyl adjacent to an activating group) is 1. The number of aliphatic hydroxyl groups is 1. The van der Waals surface area contributed by atoms with Crippen molar-refractivity contribution in [1.82, 2.24) is 25.2 Å². The minimum absolute atomic E-state index is 0.100. The molecular formula is C12H23N5O. The molecule has 0 bridgehead atoms. The van der Waals surface area contributed by atoms with Crippen LogP contribution < -0.4 is 5.32 Å². The van der Waals surface area contributed by atoms with Gasteiger partial charge in [-0.3, -0.25) is 4.90 Å². The summed E-state index contributed by atoms with van der Waals surface area (Å²) in [5.74, 6) is 0. The molecule has 1 fully saturated rings. The second-order valence-electron chi connectivity index (χ2n) is 4.73. The van der Waals surface area contributed by atoms with Crippen molar-refractivity contribution in [3.63, 3.8) is 0 Å². The predicted molar refractivity (Wildman–Crippen MR) is 69.1 cm³/mol. The Hall–Kier alpha value is -0.980. The van der Waals surface area contributed by atoms with Crippen molar-refractivity contribution in [2.24, 2.45) is 0 Å². The molecule has 1 saturated carbocycles. The number of hydrogen-bond acceptors (Lipinski definition) is 5. The maximum atomic E-state index is 8.78. The third-order valence-corrected chi connectivity index (χ3v) is 3.27. The van der Waals surface area contributed by atoms with Crippen LogP contribution in [0, 0.1) is 0 Å². The lowest BCUT2D eigenvalue weighted by molar-refractivity contribution is 0.268.